The van der Waals surface area contributed by atoms with Crippen LogP contribution in [-0.2, 0) is 12.7 Å². The molecule has 0 aromatic heterocycles. The highest BCUT2D eigenvalue weighted by molar-refractivity contribution is 5.52. The smallest absolute Gasteiger partial charge is 0.422 e. The molecule has 194 valence electrons. The fraction of sp³-hybridized carbons (Fsp3) is 0.217. The Hall–Kier alpha value is -3.48. The summed E-state index contributed by atoms with van der Waals surface area (Å²) >= 11 is 0. The van der Waals surface area contributed by atoms with E-state index in [1.807, 2.05) is 0 Å². The van der Waals surface area contributed by atoms with E-state index in [9.17, 15) is 49.0 Å². The summed E-state index contributed by atoms with van der Waals surface area (Å²) in [6.45, 7) is -2.76. The van der Waals surface area contributed by atoms with Crippen LogP contribution in [0, 0.1) is 23.3 Å². The Morgan fingerprint density at radius 3 is 1.83 bits per heavy atom. The maximum Gasteiger partial charge on any atom is 0.422 e. The topological polar surface area (TPSA) is 32.7 Å². The van der Waals surface area contributed by atoms with Gasteiger partial charge in [-0.1, -0.05) is 24.3 Å². The number of ether oxygens (including phenoxy) is 1. The molecular weight excluding hydrogens is 512 g/mol. The summed E-state index contributed by atoms with van der Waals surface area (Å²) < 4.78 is 140. The van der Waals surface area contributed by atoms with Crippen molar-refractivity contribution in [3.8, 4) is 11.5 Å². The van der Waals surface area contributed by atoms with Gasteiger partial charge in [0.25, 0.3) is 0 Å². The highest BCUT2D eigenvalue weighted by Crippen LogP contribution is 2.38. The van der Waals surface area contributed by atoms with Crippen molar-refractivity contribution in [2.24, 2.45) is 0 Å². The molecule has 0 fully saturated rings. The number of para-hydroxylation sites is 1. The average Bonchev–Trinajstić information content (AvgIpc) is 2.79. The quantitative estimate of drug-likeness (QED) is 0.266. The lowest BCUT2D eigenvalue weighted by atomic mass is 10.1. The van der Waals surface area contributed by atoms with Crippen molar-refractivity contribution in [3.63, 3.8) is 0 Å². The van der Waals surface area contributed by atoms with Gasteiger partial charge in [0, 0.05) is 23.9 Å². The summed E-state index contributed by atoms with van der Waals surface area (Å²) in [5.41, 5.74) is -4.69. The zero-order chi connectivity index (χ0) is 26.8. The molecule has 3 nitrogen and oxygen atoms in total. The van der Waals surface area contributed by atoms with E-state index in [4.69, 9.17) is 4.74 Å². The lowest BCUT2D eigenvalue weighted by Crippen LogP contribution is -2.41. The number of benzene rings is 3. The molecule has 0 aliphatic rings. The van der Waals surface area contributed by atoms with Crippen LogP contribution in [0.1, 0.15) is 11.1 Å². The molecule has 3 aromatic carbocycles. The number of hydrogen-bond donors (Lipinski definition) is 1. The van der Waals surface area contributed by atoms with Crippen molar-refractivity contribution >= 4 is 5.69 Å². The standard InChI is InChI=1S/C23H15F10NO2/c24-18-15(19(25)21(27)17(20(18)26)23(31,32)33)10-34(11-16(35)22(28,29)30)12-5-4-8-14(9-12)36-13-6-2-1-3-7-13/h1-9,16,35H,10-11H2/t16-/m1/s1. The van der Waals surface area contributed by atoms with Gasteiger partial charge in [-0.2, -0.15) is 26.3 Å². The maximum absolute atomic E-state index is 14.4. The molecule has 1 N–H and O–H groups in total. The number of nitrogens with zero attached hydrogens (tertiary/aromatic N) is 1. The van der Waals surface area contributed by atoms with Crippen LogP contribution in [-0.4, -0.2) is 23.9 Å². The number of alkyl halides is 6. The minimum atomic E-state index is -5.79. The molecule has 0 bridgehead atoms. The van der Waals surface area contributed by atoms with Crippen LogP contribution in [0.3, 0.4) is 0 Å². The number of rotatable bonds is 7. The van der Waals surface area contributed by atoms with Gasteiger partial charge in [0.05, 0.1) is 6.54 Å². The van der Waals surface area contributed by atoms with Crippen molar-refractivity contribution in [2.45, 2.75) is 25.0 Å². The first-order chi connectivity index (χ1) is 16.7. The third-order valence-corrected chi connectivity index (χ3v) is 4.92. The third-order valence-electron chi connectivity index (χ3n) is 4.92. The molecule has 0 saturated heterocycles. The fourth-order valence-corrected chi connectivity index (χ4v) is 3.20. The number of aliphatic hydroxyl groups is 1. The summed E-state index contributed by atoms with van der Waals surface area (Å²) in [5, 5.41) is 9.52. The van der Waals surface area contributed by atoms with E-state index < -0.39 is 65.9 Å². The van der Waals surface area contributed by atoms with Gasteiger partial charge in [0.15, 0.2) is 29.4 Å². The van der Waals surface area contributed by atoms with E-state index in [1.54, 1.807) is 18.2 Å². The van der Waals surface area contributed by atoms with Gasteiger partial charge in [-0.3, -0.25) is 0 Å². The molecule has 36 heavy (non-hydrogen) atoms. The van der Waals surface area contributed by atoms with Crippen LogP contribution in [0.5, 0.6) is 11.5 Å². The van der Waals surface area contributed by atoms with Crippen molar-refractivity contribution in [1.29, 1.82) is 0 Å². The Balaban J connectivity index is 2.05. The fourth-order valence-electron chi connectivity index (χ4n) is 3.20. The molecule has 0 saturated carbocycles. The molecule has 3 rings (SSSR count). The summed E-state index contributed by atoms with van der Waals surface area (Å²) in [5.74, 6) is -10.1. The van der Waals surface area contributed by atoms with Gasteiger partial charge < -0.3 is 14.7 Å². The van der Waals surface area contributed by atoms with Crippen LogP contribution in [0.4, 0.5) is 49.6 Å². The van der Waals surface area contributed by atoms with Crippen LogP contribution in [0.25, 0.3) is 0 Å². The average molecular weight is 527 g/mol. The first-order valence-electron chi connectivity index (χ1n) is 9.94. The van der Waals surface area contributed by atoms with E-state index in [0.717, 1.165) is 12.1 Å². The summed E-state index contributed by atoms with van der Waals surface area (Å²) in [6.07, 6.45) is -14.1. The first-order valence-corrected chi connectivity index (χ1v) is 9.94. The van der Waals surface area contributed by atoms with E-state index in [1.165, 1.54) is 24.3 Å². The number of hydrogen-bond acceptors (Lipinski definition) is 3. The Kier molecular flexibility index (Phi) is 7.72. The van der Waals surface area contributed by atoms with Gasteiger partial charge >= 0.3 is 12.4 Å². The molecule has 0 aliphatic heterocycles. The van der Waals surface area contributed by atoms with Crippen molar-refractivity contribution < 1.29 is 53.7 Å². The van der Waals surface area contributed by atoms with E-state index in [2.05, 4.69) is 0 Å². The highest BCUT2D eigenvalue weighted by atomic mass is 19.4. The molecule has 13 heteroatoms. The number of anilines is 1. The molecule has 1 atom stereocenters. The van der Waals surface area contributed by atoms with E-state index >= 15 is 0 Å². The predicted octanol–water partition coefficient (Wildman–Crippen LogP) is 6.98. The van der Waals surface area contributed by atoms with Crippen LogP contribution in [0.2, 0.25) is 0 Å². The number of aliphatic hydroxyl groups excluding tert-OH is 1. The highest BCUT2D eigenvalue weighted by Gasteiger charge is 2.43. The molecular formula is C23H15F10NO2. The van der Waals surface area contributed by atoms with Crippen molar-refractivity contribution in [2.75, 3.05) is 11.4 Å². The van der Waals surface area contributed by atoms with Crippen molar-refractivity contribution in [3.05, 3.63) is 89.0 Å². The second kappa shape index (κ2) is 10.2. The van der Waals surface area contributed by atoms with Crippen LogP contribution in [0.15, 0.2) is 54.6 Å². The lowest BCUT2D eigenvalue weighted by Gasteiger charge is -2.29. The Labute approximate surface area is 197 Å². The van der Waals surface area contributed by atoms with E-state index in [-0.39, 0.29) is 11.4 Å². The molecule has 0 aliphatic carbocycles. The van der Waals surface area contributed by atoms with Gasteiger partial charge in [-0.25, -0.2) is 17.6 Å². The third kappa shape index (κ3) is 6.01. The second-order valence-corrected chi connectivity index (χ2v) is 7.46. The van der Waals surface area contributed by atoms with Crippen molar-refractivity contribution in [1.82, 2.24) is 0 Å². The predicted molar refractivity (Wildman–Crippen MR) is 107 cm³/mol. The molecule has 0 radical (unpaired) electrons. The first kappa shape index (κ1) is 27.1. The summed E-state index contributed by atoms with van der Waals surface area (Å²) in [6, 6.07) is 12.8. The second-order valence-electron chi connectivity index (χ2n) is 7.46. The monoisotopic (exact) mass is 527 g/mol. The van der Waals surface area contributed by atoms with Crippen LogP contribution < -0.4 is 9.64 Å². The number of halogens is 10. The minimum absolute atomic E-state index is 0.0240. The van der Waals surface area contributed by atoms with Crippen LogP contribution >= 0.6 is 0 Å². The summed E-state index contributed by atoms with van der Waals surface area (Å²) in [4.78, 5) is 0.490. The zero-order valence-electron chi connectivity index (χ0n) is 17.8. The Morgan fingerprint density at radius 2 is 1.31 bits per heavy atom. The Bertz CT molecular complexity index is 1180. The molecule has 0 spiro atoms. The van der Waals surface area contributed by atoms with Gasteiger partial charge in [0.1, 0.15) is 17.1 Å². The van der Waals surface area contributed by atoms with Gasteiger partial charge in [-0.05, 0) is 24.3 Å². The maximum atomic E-state index is 14.4. The van der Waals surface area contributed by atoms with E-state index in [0.29, 0.717) is 10.6 Å². The zero-order valence-corrected chi connectivity index (χ0v) is 17.8. The molecule has 0 unspecified atom stereocenters. The molecule has 0 heterocycles. The Morgan fingerprint density at radius 1 is 0.750 bits per heavy atom. The normalized spacial score (nSPS) is 13.0. The minimum Gasteiger partial charge on any atom is -0.457 e. The SMILES string of the molecule is O[C@H](CN(Cc1c(F)c(F)c(C(F)(F)F)c(F)c1F)c1cccc(Oc2ccccc2)c1)C(F)(F)F. The largest absolute Gasteiger partial charge is 0.457 e. The van der Waals surface area contributed by atoms with Gasteiger partial charge in [-0.15, -0.1) is 0 Å². The molecule has 3 aromatic rings. The summed E-state index contributed by atoms with van der Waals surface area (Å²) in [7, 11) is 0. The molecule has 0 amide bonds. The lowest BCUT2D eigenvalue weighted by molar-refractivity contribution is -0.200. The van der Waals surface area contributed by atoms with Gasteiger partial charge in [0.2, 0.25) is 0 Å².